The van der Waals surface area contributed by atoms with Gasteiger partial charge in [0.05, 0.1) is 42.7 Å². The van der Waals surface area contributed by atoms with Gasteiger partial charge in [0.15, 0.2) is 5.40 Å². The molecule has 3 rings (SSSR count). The number of halogens is 1. The zero-order valence-corrected chi connectivity index (χ0v) is 24.3. The summed E-state index contributed by atoms with van der Waals surface area (Å²) in [4.78, 5) is 12.6. The molecule has 0 saturated carbocycles. The molecule has 0 bridgehead atoms. The molecular formula is C23H31ClN2O8P2S. The summed E-state index contributed by atoms with van der Waals surface area (Å²) in [6.07, 6.45) is 0. The molecule has 0 amide bonds. The van der Waals surface area contributed by atoms with E-state index in [9.17, 15) is 19.0 Å². The van der Waals surface area contributed by atoms with Crippen LogP contribution in [0.25, 0.3) is 10.2 Å². The molecule has 3 aromatic rings. The second kappa shape index (κ2) is 12.9. The Morgan fingerprint density at radius 2 is 1.51 bits per heavy atom. The molecule has 14 heteroatoms. The molecule has 0 aliphatic heterocycles. The van der Waals surface area contributed by atoms with Crippen LogP contribution in [0, 0.1) is 0 Å². The molecule has 0 fully saturated rings. The Hall–Kier alpha value is -1.68. The first-order chi connectivity index (χ1) is 17.6. The summed E-state index contributed by atoms with van der Waals surface area (Å²) < 4.78 is 53.2. The molecule has 1 heterocycles. The lowest BCUT2D eigenvalue weighted by atomic mass is 10.1. The highest BCUT2D eigenvalue weighted by molar-refractivity contribution is 7.72. The Balaban J connectivity index is 2.34. The maximum Gasteiger partial charge on any atom is 0.348 e. The van der Waals surface area contributed by atoms with Crippen molar-refractivity contribution in [3.63, 3.8) is 0 Å². The number of nitrogens with zero attached hydrogens (tertiary/aromatic N) is 1. The third kappa shape index (κ3) is 6.67. The normalized spacial score (nSPS) is 13.4. The summed E-state index contributed by atoms with van der Waals surface area (Å²) in [5.41, 5.74) is 3.87. The molecule has 1 aromatic heterocycles. The number of hydrogen-bond donors (Lipinski definition) is 2. The number of phenolic OH excluding ortho intramolecular Hbond substituents is 1. The van der Waals surface area contributed by atoms with Gasteiger partial charge in [-0.1, -0.05) is 35.1 Å². The maximum absolute atomic E-state index is 14.4. The van der Waals surface area contributed by atoms with Gasteiger partial charge in [-0.3, -0.25) is 13.9 Å². The van der Waals surface area contributed by atoms with Crippen molar-refractivity contribution in [3.05, 3.63) is 62.7 Å². The van der Waals surface area contributed by atoms with E-state index in [1.165, 1.54) is 16.8 Å². The van der Waals surface area contributed by atoms with Gasteiger partial charge in [0.2, 0.25) is 0 Å². The van der Waals surface area contributed by atoms with Crippen molar-refractivity contribution in [2.24, 2.45) is 0 Å². The number of rotatable bonds is 14. The zero-order chi connectivity index (χ0) is 27.2. The smallest absolute Gasteiger partial charge is 0.348 e. The Morgan fingerprint density at radius 1 is 0.946 bits per heavy atom. The van der Waals surface area contributed by atoms with Crippen LogP contribution in [-0.2, 0) is 27.2 Å². The van der Waals surface area contributed by atoms with E-state index in [1.807, 2.05) is 0 Å². The van der Waals surface area contributed by atoms with Crippen LogP contribution < -0.4 is 10.3 Å². The summed E-state index contributed by atoms with van der Waals surface area (Å²) >= 11 is 7.25. The minimum atomic E-state index is -4.23. The maximum atomic E-state index is 14.4. The van der Waals surface area contributed by atoms with Crippen molar-refractivity contribution in [1.82, 2.24) is 4.68 Å². The number of nitrogens with one attached hydrogen (secondary N) is 1. The van der Waals surface area contributed by atoms with Crippen molar-refractivity contribution in [2.45, 2.75) is 39.1 Å². The molecule has 2 N–H and O–H groups in total. The highest BCUT2D eigenvalue weighted by Crippen LogP contribution is 2.73. The number of fused-ring (bicyclic) bond motifs is 1. The van der Waals surface area contributed by atoms with Gasteiger partial charge in [-0.05, 0) is 57.5 Å². The second-order valence-electron chi connectivity index (χ2n) is 7.68. The third-order valence-corrected chi connectivity index (χ3v) is 12.4. The molecule has 0 spiro atoms. The topological polar surface area (TPSA) is 125 Å². The van der Waals surface area contributed by atoms with Gasteiger partial charge in [0.25, 0.3) is 0 Å². The summed E-state index contributed by atoms with van der Waals surface area (Å²) in [5, 5.41) is 8.90. The van der Waals surface area contributed by atoms with E-state index in [0.29, 0.717) is 20.8 Å². The van der Waals surface area contributed by atoms with Gasteiger partial charge in [0, 0.05) is 11.1 Å². The fourth-order valence-electron chi connectivity index (χ4n) is 3.92. The van der Waals surface area contributed by atoms with E-state index in [1.54, 1.807) is 58.0 Å². The van der Waals surface area contributed by atoms with E-state index < -0.39 is 31.5 Å². The summed E-state index contributed by atoms with van der Waals surface area (Å²) in [6, 6.07) is 9.92. The fourth-order valence-corrected chi connectivity index (χ4v) is 10.5. The lowest BCUT2D eigenvalue weighted by Gasteiger charge is -2.37. The highest BCUT2D eigenvalue weighted by Gasteiger charge is 2.56. The van der Waals surface area contributed by atoms with Gasteiger partial charge in [-0.15, -0.1) is 0 Å². The molecule has 2 aromatic carbocycles. The van der Waals surface area contributed by atoms with Gasteiger partial charge in [-0.25, -0.2) is 4.68 Å². The van der Waals surface area contributed by atoms with E-state index in [-0.39, 0.29) is 32.2 Å². The number of phenols is 1. The Kier molecular flexibility index (Phi) is 10.4. The molecule has 0 saturated heterocycles. The average molecular weight is 593 g/mol. The molecule has 0 aliphatic rings. The summed E-state index contributed by atoms with van der Waals surface area (Å²) in [5.74, 6) is -0.0553. The van der Waals surface area contributed by atoms with Gasteiger partial charge >= 0.3 is 20.1 Å². The predicted octanol–water partition coefficient (Wildman–Crippen LogP) is 6.57. The molecule has 0 radical (unpaired) electrons. The second-order valence-corrected chi connectivity index (χ2v) is 13.8. The largest absolute Gasteiger partial charge is 0.508 e. The van der Waals surface area contributed by atoms with Gasteiger partial charge in [0.1, 0.15) is 5.75 Å². The Labute approximate surface area is 224 Å². The number of aromatic nitrogens is 1. The van der Waals surface area contributed by atoms with Crippen LogP contribution >= 0.6 is 38.1 Å². The van der Waals surface area contributed by atoms with Crippen LogP contribution in [-0.4, -0.2) is 41.6 Å². The van der Waals surface area contributed by atoms with Crippen molar-refractivity contribution in [3.8, 4) is 5.75 Å². The molecule has 204 valence electrons. The first-order valence-corrected chi connectivity index (χ1v) is 16.2. The SMILES string of the molecule is CCOP(=O)(OCC)C(C(Nn1c(=O)sc2ccc(O)cc21)c1cccc(Cl)c1)P(=O)(OCC)OCC. The van der Waals surface area contributed by atoms with Crippen LogP contribution in [0.15, 0.2) is 47.3 Å². The molecule has 1 unspecified atom stereocenters. The van der Waals surface area contributed by atoms with Crippen molar-refractivity contribution >= 4 is 48.3 Å². The Bertz CT molecular complexity index is 1310. The highest BCUT2D eigenvalue weighted by atomic mass is 35.5. The standard InChI is InChI=1S/C23H31ClN2O8P2S/c1-5-31-35(29,32-6-2)22(36(30,33-7-3)34-8-4)21(16-10-9-11-17(24)14-16)25-26-19-15-18(27)12-13-20(19)37-23(26)28/h9-15,21-22,25,27H,5-8H2,1-4H3. The van der Waals surface area contributed by atoms with E-state index in [2.05, 4.69) is 5.43 Å². The third-order valence-electron chi connectivity index (χ3n) is 5.22. The average Bonchev–Trinajstić information content (AvgIpc) is 3.13. The first kappa shape index (κ1) is 29.9. The molecule has 37 heavy (non-hydrogen) atoms. The van der Waals surface area contributed by atoms with Crippen molar-refractivity contribution in [1.29, 1.82) is 0 Å². The summed E-state index contributed by atoms with van der Waals surface area (Å²) in [7, 11) is -8.46. The Morgan fingerprint density at radius 3 is 2.03 bits per heavy atom. The quantitative estimate of drug-likeness (QED) is 0.200. The first-order valence-electron chi connectivity index (χ1n) is 11.8. The fraction of sp³-hybridized carbons (Fsp3) is 0.435. The van der Waals surface area contributed by atoms with Crippen LogP contribution in [0.2, 0.25) is 5.02 Å². The van der Waals surface area contributed by atoms with Crippen LogP contribution in [0.4, 0.5) is 0 Å². The number of aromatic hydroxyl groups is 1. The van der Waals surface area contributed by atoms with Crippen molar-refractivity contribution in [2.75, 3.05) is 31.9 Å². The lowest BCUT2D eigenvalue weighted by Crippen LogP contribution is -2.36. The number of hydrogen-bond acceptors (Lipinski definition) is 10. The van der Waals surface area contributed by atoms with Gasteiger partial charge in [-0.2, -0.15) is 0 Å². The minimum Gasteiger partial charge on any atom is -0.508 e. The van der Waals surface area contributed by atoms with E-state index in [0.717, 1.165) is 11.3 Å². The van der Waals surface area contributed by atoms with Gasteiger partial charge < -0.3 is 28.6 Å². The molecule has 0 aliphatic carbocycles. The van der Waals surface area contributed by atoms with Crippen LogP contribution in [0.3, 0.4) is 0 Å². The predicted molar refractivity (Wildman–Crippen MR) is 147 cm³/mol. The van der Waals surface area contributed by atoms with Crippen molar-refractivity contribution < 1.29 is 32.3 Å². The zero-order valence-electron chi connectivity index (χ0n) is 21.0. The van der Waals surface area contributed by atoms with E-state index >= 15 is 0 Å². The molecule has 10 nitrogen and oxygen atoms in total. The minimum absolute atomic E-state index is 0.0104. The summed E-state index contributed by atoms with van der Waals surface area (Å²) in [6.45, 7) is 6.50. The van der Waals surface area contributed by atoms with E-state index in [4.69, 9.17) is 29.7 Å². The van der Waals surface area contributed by atoms with Crippen LogP contribution in [0.1, 0.15) is 39.3 Å². The lowest BCUT2D eigenvalue weighted by molar-refractivity contribution is 0.191. The van der Waals surface area contributed by atoms with Crippen LogP contribution in [0.5, 0.6) is 5.75 Å². The molecular weight excluding hydrogens is 562 g/mol. The number of benzene rings is 2. The molecule has 1 atom stereocenters. The number of thiazole rings is 1. The monoisotopic (exact) mass is 592 g/mol.